The van der Waals surface area contributed by atoms with Crippen molar-refractivity contribution >= 4 is 17.4 Å². The number of aromatic nitrogens is 3. The largest absolute Gasteiger partial charge is 0.382 e. The van der Waals surface area contributed by atoms with E-state index in [-0.39, 0.29) is 0 Å². The highest BCUT2D eigenvalue weighted by atomic mass is 35.5. The normalized spacial score (nSPS) is 10.2. The second-order valence-electron chi connectivity index (χ2n) is 2.57. The molecule has 0 aromatic carbocycles. The summed E-state index contributed by atoms with van der Waals surface area (Å²) in [5.74, 6) is 0.461. The van der Waals surface area contributed by atoms with E-state index in [2.05, 4.69) is 15.2 Å². The molecule has 0 unspecified atom stereocenters. The van der Waals surface area contributed by atoms with Crippen molar-refractivity contribution in [2.75, 3.05) is 5.73 Å². The zero-order valence-electron chi connectivity index (χ0n) is 6.66. The highest BCUT2D eigenvalue weighted by molar-refractivity contribution is 6.29. The molecule has 0 aliphatic rings. The van der Waals surface area contributed by atoms with Crippen LogP contribution in [0.2, 0.25) is 5.15 Å². The zero-order chi connectivity index (χ0) is 9.26. The Balaban J connectivity index is 2.46. The van der Waals surface area contributed by atoms with Crippen LogP contribution in [0.25, 0.3) is 11.3 Å². The number of nitrogens with two attached hydrogens (primary N) is 1. The third-order valence-corrected chi connectivity index (χ3v) is 1.84. The molecule has 0 bridgehead atoms. The van der Waals surface area contributed by atoms with Crippen molar-refractivity contribution in [3.63, 3.8) is 0 Å². The lowest BCUT2D eigenvalue weighted by Crippen LogP contribution is -1.81. The Bertz CT molecular complexity index is 424. The molecule has 0 spiro atoms. The number of rotatable bonds is 1. The Hall–Kier alpha value is -1.55. The van der Waals surface area contributed by atoms with E-state index >= 15 is 0 Å². The summed E-state index contributed by atoms with van der Waals surface area (Å²) in [6.45, 7) is 0. The van der Waals surface area contributed by atoms with Crippen LogP contribution in [-0.2, 0) is 0 Å². The van der Waals surface area contributed by atoms with Crippen LogP contribution in [0.4, 0.5) is 5.82 Å². The summed E-state index contributed by atoms with van der Waals surface area (Å²) in [6.07, 6.45) is 1.63. The molecular formula is C8H7ClN4. The van der Waals surface area contributed by atoms with Crippen LogP contribution < -0.4 is 5.73 Å². The SMILES string of the molecule is Nc1cc(-c2ccnc(Cl)c2)[nH]n1. The molecule has 4 nitrogen and oxygen atoms in total. The molecule has 0 atom stereocenters. The maximum atomic E-state index is 5.72. The molecule has 5 heteroatoms. The Morgan fingerprint density at radius 1 is 1.38 bits per heavy atom. The van der Waals surface area contributed by atoms with Gasteiger partial charge in [-0.05, 0) is 12.1 Å². The first-order chi connectivity index (χ1) is 6.25. The van der Waals surface area contributed by atoms with Gasteiger partial charge in [0.15, 0.2) is 0 Å². The van der Waals surface area contributed by atoms with Crippen LogP contribution in [0.3, 0.4) is 0 Å². The van der Waals surface area contributed by atoms with Gasteiger partial charge in [-0.1, -0.05) is 11.6 Å². The fraction of sp³-hybridized carbons (Fsp3) is 0. The predicted octanol–water partition coefficient (Wildman–Crippen LogP) is 1.71. The van der Waals surface area contributed by atoms with Crippen LogP contribution in [0.15, 0.2) is 24.4 Å². The quantitative estimate of drug-likeness (QED) is 0.679. The molecule has 0 aliphatic heterocycles. The van der Waals surface area contributed by atoms with E-state index in [4.69, 9.17) is 17.3 Å². The lowest BCUT2D eigenvalue weighted by molar-refractivity contribution is 1.10. The fourth-order valence-electron chi connectivity index (χ4n) is 1.06. The highest BCUT2D eigenvalue weighted by Gasteiger charge is 2.01. The molecule has 3 N–H and O–H groups in total. The molecule has 2 aromatic heterocycles. The smallest absolute Gasteiger partial charge is 0.145 e. The standard InChI is InChI=1S/C8H7ClN4/c9-7-3-5(1-2-11-7)6-4-8(10)13-12-6/h1-4H,(H3,10,12,13). The Morgan fingerprint density at radius 3 is 2.85 bits per heavy atom. The van der Waals surface area contributed by atoms with E-state index in [1.807, 2.05) is 6.07 Å². The molecule has 2 rings (SSSR count). The van der Waals surface area contributed by atoms with Crippen molar-refractivity contribution in [3.05, 3.63) is 29.5 Å². The van der Waals surface area contributed by atoms with Crippen molar-refractivity contribution in [2.24, 2.45) is 0 Å². The number of nitrogens with zero attached hydrogens (tertiary/aromatic N) is 2. The summed E-state index contributed by atoms with van der Waals surface area (Å²) in [6, 6.07) is 5.32. The second-order valence-corrected chi connectivity index (χ2v) is 2.96. The van der Waals surface area contributed by atoms with E-state index in [0.717, 1.165) is 11.3 Å². The summed E-state index contributed by atoms with van der Waals surface area (Å²) >= 11 is 5.72. The minimum atomic E-state index is 0.450. The molecule has 0 aliphatic carbocycles. The predicted molar refractivity (Wildman–Crippen MR) is 51.2 cm³/mol. The van der Waals surface area contributed by atoms with Gasteiger partial charge in [0.25, 0.3) is 0 Å². The van der Waals surface area contributed by atoms with Crippen LogP contribution in [0, 0.1) is 0 Å². The van der Waals surface area contributed by atoms with Crippen LogP contribution >= 0.6 is 11.6 Å². The third-order valence-electron chi connectivity index (χ3n) is 1.64. The topological polar surface area (TPSA) is 67.6 Å². The summed E-state index contributed by atoms with van der Waals surface area (Å²) in [5.41, 5.74) is 7.22. The summed E-state index contributed by atoms with van der Waals surface area (Å²) in [5, 5.41) is 7.05. The number of nitrogen functional groups attached to an aromatic ring is 1. The monoisotopic (exact) mass is 194 g/mol. The van der Waals surface area contributed by atoms with Gasteiger partial charge in [0.2, 0.25) is 0 Å². The fourth-order valence-corrected chi connectivity index (χ4v) is 1.23. The van der Waals surface area contributed by atoms with Crippen molar-refractivity contribution in [1.29, 1.82) is 0 Å². The Labute approximate surface area is 79.7 Å². The molecular weight excluding hydrogens is 188 g/mol. The van der Waals surface area contributed by atoms with E-state index in [1.54, 1.807) is 18.3 Å². The molecule has 2 aromatic rings. The van der Waals surface area contributed by atoms with Gasteiger partial charge in [0.1, 0.15) is 11.0 Å². The van der Waals surface area contributed by atoms with Gasteiger partial charge < -0.3 is 5.73 Å². The molecule has 66 valence electrons. The van der Waals surface area contributed by atoms with Crippen molar-refractivity contribution < 1.29 is 0 Å². The van der Waals surface area contributed by atoms with E-state index in [0.29, 0.717) is 11.0 Å². The van der Waals surface area contributed by atoms with Crippen LogP contribution in [-0.4, -0.2) is 15.2 Å². The summed E-state index contributed by atoms with van der Waals surface area (Å²) < 4.78 is 0. The lowest BCUT2D eigenvalue weighted by Gasteiger charge is -1.95. The lowest BCUT2D eigenvalue weighted by atomic mass is 10.2. The minimum absolute atomic E-state index is 0.450. The number of hydrogen-bond acceptors (Lipinski definition) is 3. The summed E-state index contributed by atoms with van der Waals surface area (Å²) in [4.78, 5) is 3.87. The third kappa shape index (κ3) is 1.62. The zero-order valence-corrected chi connectivity index (χ0v) is 7.42. The van der Waals surface area contributed by atoms with Gasteiger partial charge >= 0.3 is 0 Å². The first-order valence-corrected chi connectivity index (χ1v) is 4.06. The molecule has 2 heterocycles. The van der Waals surface area contributed by atoms with Gasteiger partial charge in [0, 0.05) is 17.8 Å². The first-order valence-electron chi connectivity index (χ1n) is 3.68. The van der Waals surface area contributed by atoms with Crippen LogP contribution in [0.5, 0.6) is 0 Å². The Morgan fingerprint density at radius 2 is 2.23 bits per heavy atom. The van der Waals surface area contributed by atoms with Crippen molar-refractivity contribution in [3.8, 4) is 11.3 Å². The van der Waals surface area contributed by atoms with Crippen molar-refractivity contribution in [1.82, 2.24) is 15.2 Å². The maximum Gasteiger partial charge on any atom is 0.145 e. The average molecular weight is 195 g/mol. The number of halogens is 1. The molecule has 0 fully saturated rings. The van der Waals surface area contributed by atoms with Gasteiger partial charge in [-0.15, -0.1) is 0 Å². The van der Waals surface area contributed by atoms with Crippen LogP contribution in [0.1, 0.15) is 0 Å². The van der Waals surface area contributed by atoms with Gasteiger partial charge in [-0.2, -0.15) is 5.10 Å². The van der Waals surface area contributed by atoms with Gasteiger partial charge in [-0.3, -0.25) is 5.10 Å². The molecule has 0 saturated heterocycles. The number of pyridine rings is 1. The van der Waals surface area contributed by atoms with Crippen molar-refractivity contribution in [2.45, 2.75) is 0 Å². The number of nitrogens with one attached hydrogen (secondary N) is 1. The first kappa shape index (κ1) is 8.07. The van der Waals surface area contributed by atoms with E-state index in [9.17, 15) is 0 Å². The number of H-pyrrole nitrogens is 1. The van der Waals surface area contributed by atoms with E-state index in [1.165, 1.54) is 0 Å². The maximum absolute atomic E-state index is 5.72. The molecule has 0 amide bonds. The number of hydrogen-bond donors (Lipinski definition) is 2. The summed E-state index contributed by atoms with van der Waals surface area (Å²) in [7, 11) is 0. The van der Waals surface area contributed by atoms with E-state index < -0.39 is 0 Å². The van der Waals surface area contributed by atoms with Gasteiger partial charge in [-0.25, -0.2) is 4.98 Å². The molecule has 13 heavy (non-hydrogen) atoms. The Kier molecular flexibility index (Phi) is 1.90. The average Bonchev–Trinajstić information content (AvgIpc) is 2.52. The number of anilines is 1. The second kappa shape index (κ2) is 3.06. The number of aromatic amines is 1. The van der Waals surface area contributed by atoms with Gasteiger partial charge in [0.05, 0.1) is 5.69 Å². The highest BCUT2D eigenvalue weighted by Crippen LogP contribution is 2.19. The molecule has 0 radical (unpaired) electrons. The minimum Gasteiger partial charge on any atom is -0.382 e. The molecule has 0 saturated carbocycles.